The highest BCUT2D eigenvalue weighted by Crippen LogP contribution is 2.21. The summed E-state index contributed by atoms with van der Waals surface area (Å²) in [7, 11) is 0. The van der Waals surface area contributed by atoms with Crippen LogP contribution in [0.4, 0.5) is 5.82 Å². The molecule has 0 radical (unpaired) electrons. The van der Waals surface area contributed by atoms with Gasteiger partial charge in [0.15, 0.2) is 0 Å². The first-order chi connectivity index (χ1) is 10.6. The minimum atomic E-state index is -0.0526. The molecule has 1 amide bonds. The summed E-state index contributed by atoms with van der Waals surface area (Å²) in [6, 6.07) is 4.90. The molecule has 0 N–H and O–H groups in total. The van der Waals surface area contributed by atoms with Crippen molar-refractivity contribution in [3.63, 3.8) is 0 Å². The summed E-state index contributed by atoms with van der Waals surface area (Å²) in [5, 5.41) is 0.933. The van der Waals surface area contributed by atoms with Crippen LogP contribution < -0.4 is 4.90 Å². The van der Waals surface area contributed by atoms with Crippen LogP contribution in [0.1, 0.15) is 10.4 Å². The highest BCUT2D eigenvalue weighted by Gasteiger charge is 2.23. The minimum absolute atomic E-state index is 0.0526. The molecule has 1 saturated heterocycles. The summed E-state index contributed by atoms with van der Waals surface area (Å²) in [5.74, 6) is 0.781. The quantitative estimate of drug-likeness (QED) is 0.846. The van der Waals surface area contributed by atoms with Crippen molar-refractivity contribution in [2.24, 2.45) is 0 Å². The Balaban J connectivity index is 1.67. The van der Waals surface area contributed by atoms with E-state index in [2.05, 4.69) is 14.9 Å². The average molecular weight is 337 g/mol. The van der Waals surface area contributed by atoms with Crippen molar-refractivity contribution in [1.29, 1.82) is 0 Å². The number of halogens is 2. The van der Waals surface area contributed by atoms with Crippen LogP contribution >= 0.6 is 23.2 Å². The molecule has 0 aliphatic carbocycles. The predicted molar refractivity (Wildman–Crippen MR) is 86.6 cm³/mol. The zero-order valence-corrected chi connectivity index (χ0v) is 13.3. The molecular weight excluding hydrogens is 323 g/mol. The van der Waals surface area contributed by atoms with Crippen LogP contribution in [0.3, 0.4) is 0 Å². The fourth-order valence-electron chi connectivity index (χ4n) is 2.45. The minimum Gasteiger partial charge on any atom is -0.352 e. The topological polar surface area (TPSA) is 49.3 Å². The first-order valence-electron chi connectivity index (χ1n) is 6.90. The van der Waals surface area contributed by atoms with Gasteiger partial charge in [-0.15, -0.1) is 0 Å². The number of rotatable bonds is 2. The third-order valence-electron chi connectivity index (χ3n) is 3.55. The highest BCUT2D eigenvalue weighted by molar-refractivity contribution is 6.35. The fraction of sp³-hybridized carbons (Fsp3) is 0.267. The van der Waals surface area contributed by atoms with E-state index in [1.807, 2.05) is 0 Å². The summed E-state index contributed by atoms with van der Waals surface area (Å²) < 4.78 is 0. The molecule has 7 heteroatoms. The zero-order chi connectivity index (χ0) is 15.5. The summed E-state index contributed by atoms with van der Waals surface area (Å²) in [4.78, 5) is 24.8. The Bertz CT molecular complexity index is 652. The molecule has 2 heterocycles. The van der Waals surface area contributed by atoms with Crippen LogP contribution in [0.25, 0.3) is 0 Å². The summed E-state index contributed by atoms with van der Waals surface area (Å²) >= 11 is 11.9. The molecule has 0 spiro atoms. The van der Waals surface area contributed by atoms with Crippen molar-refractivity contribution in [2.45, 2.75) is 0 Å². The Labute approximate surface area is 138 Å². The van der Waals surface area contributed by atoms with Crippen LogP contribution in [0, 0.1) is 0 Å². The van der Waals surface area contributed by atoms with Crippen molar-refractivity contribution < 1.29 is 4.79 Å². The molecule has 0 atom stereocenters. The lowest BCUT2D eigenvalue weighted by Gasteiger charge is -2.35. The molecular formula is C15H14Cl2N4O. The highest BCUT2D eigenvalue weighted by atomic mass is 35.5. The van der Waals surface area contributed by atoms with Gasteiger partial charge in [0.2, 0.25) is 0 Å². The van der Waals surface area contributed by atoms with E-state index in [1.54, 1.807) is 41.7 Å². The second kappa shape index (κ2) is 6.50. The third kappa shape index (κ3) is 3.31. The molecule has 114 valence electrons. The molecule has 0 unspecified atom stereocenters. The van der Waals surface area contributed by atoms with Crippen LogP contribution in [0.15, 0.2) is 36.8 Å². The molecule has 0 saturated carbocycles. The summed E-state index contributed by atoms with van der Waals surface area (Å²) in [6.07, 6.45) is 5.04. The number of carbonyl (C=O) groups excluding carboxylic acids is 1. The maximum Gasteiger partial charge on any atom is 0.254 e. The van der Waals surface area contributed by atoms with E-state index in [-0.39, 0.29) is 5.91 Å². The number of piperazine rings is 1. The first kappa shape index (κ1) is 15.1. The van der Waals surface area contributed by atoms with Gasteiger partial charge in [-0.25, -0.2) is 4.98 Å². The van der Waals surface area contributed by atoms with Crippen LogP contribution in [-0.2, 0) is 0 Å². The van der Waals surface area contributed by atoms with Gasteiger partial charge < -0.3 is 9.80 Å². The lowest BCUT2D eigenvalue weighted by molar-refractivity contribution is 0.0746. The lowest BCUT2D eigenvalue weighted by Crippen LogP contribution is -2.49. The van der Waals surface area contributed by atoms with Crippen LogP contribution in [0.2, 0.25) is 10.0 Å². The van der Waals surface area contributed by atoms with Crippen molar-refractivity contribution in [1.82, 2.24) is 14.9 Å². The Hall–Kier alpha value is -1.85. The van der Waals surface area contributed by atoms with Gasteiger partial charge in [0, 0.05) is 54.2 Å². The average Bonchev–Trinajstić information content (AvgIpc) is 2.54. The number of benzene rings is 1. The fourth-order valence-corrected chi connectivity index (χ4v) is 2.98. The Kier molecular flexibility index (Phi) is 4.45. The molecule has 22 heavy (non-hydrogen) atoms. The normalized spacial score (nSPS) is 15.0. The van der Waals surface area contributed by atoms with E-state index in [0.29, 0.717) is 28.7 Å². The molecule has 1 aromatic carbocycles. The maximum atomic E-state index is 12.5. The van der Waals surface area contributed by atoms with Crippen molar-refractivity contribution >= 4 is 34.9 Å². The predicted octanol–water partition coefficient (Wildman–Crippen LogP) is 2.75. The zero-order valence-electron chi connectivity index (χ0n) is 11.7. The number of hydrogen-bond donors (Lipinski definition) is 0. The molecule has 1 aliphatic rings. The summed E-state index contributed by atoms with van der Waals surface area (Å²) in [5.41, 5.74) is 0.519. The maximum absolute atomic E-state index is 12.5. The number of amides is 1. The smallest absolute Gasteiger partial charge is 0.254 e. The standard InChI is InChI=1S/C15H14Cl2N4O/c16-12-7-11(8-13(17)9-12)15(22)21-5-3-20(4-6-21)14-10-18-1-2-19-14/h1-2,7-10H,3-6H2. The lowest BCUT2D eigenvalue weighted by atomic mass is 10.2. The number of carbonyl (C=O) groups is 1. The SMILES string of the molecule is O=C(c1cc(Cl)cc(Cl)c1)N1CCN(c2cnccn2)CC1. The Morgan fingerprint density at radius 3 is 2.27 bits per heavy atom. The van der Waals surface area contributed by atoms with Crippen molar-refractivity contribution in [3.05, 3.63) is 52.4 Å². The van der Waals surface area contributed by atoms with E-state index in [9.17, 15) is 4.79 Å². The first-order valence-corrected chi connectivity index (χ1v) is 7.65. The van der Waals surface area contributed by atoms with E-state index >= 15 is 0 Å². The molecule has 3 rings (SSSR count). The van der Waals surface area contributed by atoms with Gasteiger partial charge in [-0.1, -0.05) is 23.2 Å². The molecule has 0 bridgehead atoms. The number of anilines is 1. The third-order valence-corrected chi connectivity index (χ3v) is 3.99. The van der Waals surface area contributed by atoms with Gasteiger partial charge in [0.1, 0.15) is 5.82 Å². The Morgan fingerprint density at radius 1 is 1.00 bits per heavy atom. The second-order valence-electron chi connectivity index (χ2n) is 5.00. The van der Waals surface area contributed by atoms with Gasteiger partial charge in [0.05, 0.1) is 6.20 Å². The molecule has 5 nitrogen and oxygen atoms in total. The van der Waals surface area contributed by atoms with Crippen LogP contribution in [-0.4, -0.2) is 47.0 Å². The monoisotopic (exact) mass is 336 g/mol. The molecule has 1 aliphatic heterocycles. The van der Waals surface area contributed by atoms with E-state index < -0.39 is 0 Å². The van der Waals surface area contributed by atoms with E-state index in [4.69, 9.17) is 23.2 Å². The molecule has 2 aromatic rings. The summed E-state index contributed by atoms with van der Waals surface area (Å²) in [6.45, 7) is 2.69. The molecule has 1 aromatic heterocycles. The van der Waals surface area contributed by atoms with Crippen molar-refractivity contribution in [2.75, 3.05) is 31.1 Å². The Morgan fingerprint density at radius 2 is 1.68 bits per heavy atom. The van der Waals surface area contributed by atoms with Gasteiger partial charge in [-0.2, -0.15) is 0 Å². The largest absolute Gasteiger partial charge is 0.352 e. The van der Waals surface area contributed by atoms with Gasteiger partial charge in [-0.05, 0) is 18.2 Å². The number of hydrogen-bond acceptors (Lipinski definition) is 4. The van der Waals surface area contributed by atoms with Gasteiger partial charge in [0.25, 0.3) is 5.91 Å². The molecule has 1 fully saturated rings. The van der Waals surface area contributed by atoms with Gasteiger partial charge in [-0.3, -0.25) is 9.78 Å². The van der Waals surface area contributed by atoms with E-state index in [0.717, 1.165) is 18.9 Å². The van der Waals surface area contributed by atoms with Gasteiger partial charge >= 0.3 is 0 Å². The number of nitrogens with zero attached hydrogens (tertiary/aromatic N) is 4. The second-order valence-corrected chi connectivity index (χ2v) is 5.87. The van der Waals surface area contributed by atoms with Crippen LogP contribution in [0.5, 0.6) is 0 Å². The van der Waals surface area contributed by atoms with E-state index in [1.165, 1.54) is 0 Å². The van der Waals surface area contributed by atoms with Crippen molar-refractivity contribution in [3.8, 4) is 0 Å². The number of aromatic nitrogens is 2.